The van der Waals surface area contributed by atoms with Gasteiger partial charge in [-0.25, -0.2) is 14.0 Å². The van der Waals surface area contributed by atoms with Crippen LogP contribution in [0.4, 0.5) is 19.7 Å². The standard InChI is InChI=1S/C22H30FN3O6/c1-22(2,3)24(4)20(29)31-19-12-26(21(30)32-19)15-5-6-16(17(23)11-15)14-7-9-25(10-8-14)18(28)13-27/h5-6,11,14,19,27H,7-10,12-13H2,1-4H3/t19-/m0/s1. The molecular formula is C22H30FN3O6. The van der Waals surface area contributed by atoms with Crippen LogP contribution in [0.25, 0.3) is 0 Å². The molecule has 2 aliphatic rings. The second kappa shape index (κ2) is 9.32. The van der Waals surface area contributed by atoms with Crippen LogP contribution in [0, 0.1) is 5.82 Å². The van der Waals surface area contributed by atoms with Crippen LogP contribution in [0.3, 0.4) is 0 Å². The molecule has 1 aromatic carbocycles. The molecule has 0 aliphatic carbocycles. The summed E-state index contributed by atoms with van der Waals surface area (Å²) in [5.74, 6) is -0.829. The van der Waals surface area contributed by atoms with Gasteiger partial charge in [0.05, 0.1) is 5.69 Å². The van der Waals surface area contributed by atoms with Crippen molar-refractivity contribution in [2.24, 2.45) is 0 Å². The summed E-state index contributed by atoms with van der Waals surface area (Å²) in [6, 6.07) is 4.54. The molecule has 2 heterocycles. The number of likely N-dealkylation sites (tertiary alicyclic amines) is 1. The molecular weight excluding hydrogens is 421 g/mol. The summed E-state index contributed by atoms with van der Waals surface area (Å²) < 4.78 is 25.3. The van der Waals surface area contributed by atoms with Crippen LogP contribution in [0.2, 0.25) is 0 Å². The lowest BCUT2D eigenvalue weighted by atomic mass is 9.89. The first-order chi connectivity index (χ1) is 15.0. The largest absolute Gasteiger partial charge is 0.417 e. The third-order valence-corrected chi connectivity index (χ3v) is 6.02. The topological polar surface area (TPSA) is 99.6 Å². The maximum absolute atomic E-state index is 14.9. The summed E-state index contributed by atoms with van der Waals surface area (Å²) >= 11 is 0. The van der Waals surface area contributed by atoms with Crippen LogP contribution in [-0.4, -0.2) is 78.1 Å². The van der Waals surface area contributed by atoms with E-state index in [1.54, 1.807) is 24.1 Å². The number of ether oxygens (including phenoxy) is 2. The van der Waals surface area contributed by atoms with Gasteiger partial charge in [-0.05, 0) is 57.2 Å². The number of halogens is 1. The lowest BCUT2D eigenvalue weighted by Gasteiger charge is -2.32. The number of hydrogen-bond donors (Lipinski definition) is 1. The second-order valence-electron chi connectivity index (χ2n) is 9.06. The van der Waals surface area contributed by atoms with Crippen molar-refractivity contribution in [1.82, 2.24) is 9.80 Å². The SMILES string of the molecule is CN(C(=O)O[C@@H]1CN(c2ccc(C3CCN(C(=O)CO)CC3)c(F)c2)C(=O)O1)C(C)(C)C. The van der Waals surface area contributed by atoms with E-state index in [-0.39, 0.29) is 18.4 Å². The molecule has 1 atom stereocenters. The molecule has 2 saturated heterocycles. The van der Waals surface area contributed by atoms with Crippen LogP contribution in [0.5, 0.6) is 0 Å². The first-order valence-electron chi connectivity index (χ1n) is 10.6. The Balaban J connectivity index is 1.63. The minimum absolute atomic E-state index is 0.0387. The van der Waals surface area contributed by atoms with Crippen molar-refractivity contribution in [1.29, 1.82) is 0 Å². The lowest BCUT2D eigenvalue weighted by Crippen LogP contribution is -2.44. The Hall–Kier alpha value is -2.88. The van der Waals surface area contributed by atoms with E-state index in [4.69, 9.17) is 14.6 Å². The average Bonchev–Trinajstić information content (AvgIpc) is 3.11. The zero-order valence-corrected chi connectivity index (χ0v) is 18.8. The van der Waals surface area contributed by atoms with Gasteiger partial charge in [-0.2, -0.15) is 0 Å². The predicted octanol–water partition coefficient (Wildman–Crippen LogP) is 2.67. The van der Waals surface area contributed by atoms with Gasteiger partial charge >= 0.3 is 12.2 Å². The Morgan fingerprint density at radius 3 is 2.50 bits per heavy atom. The Morgan fingerprint density at radius 1 is 1.28 bits per heavy atom. The molecule has 0 radical (unpaired) electrons. The van der Waals surface area contributed by atoms with E-state index in [0.717, 1.165) is 0 Å². The summed E-state index contributed by atoms with van der Waals surface area (Å²) in [6.45, 7) is 5.89. The van der Waals surface area contributed by atoms with Crippen molar-refractivity contribution < 1.29 is 33.4 Å². The van der Waals surface area contributed by atoms with E-state index in [0.29, 0.717) is 37.2 Å². The number of carbonyl (C=O) groups excluding carboxylic acids is 3. The van der Waals surface area contributed by atoms with Crippen LogP contribution < -0.4 is 4.90 Å². The number of benzene rings is 1. The summed E-state index contributed by atoms with van der Waals surface area (Å²) in [5.41, 5.74) is 0.374. The van der Waals surface area contributed by atoms with Crippen molar-refractivity contribution in [2.45, 2.75) is 51.4 Å². The maximum Gasteiger partial charge on any atom is 0.417 e. The highest BCUT2D eigenvalue weighted by Gasteiger charge is 2.37. The minimum Gasteiger partial charge on any atom is -0.407 e. The summed E-state index contributed by atoms with van der Waals surface area (Å²) in [5, 5.41) is 8.98. The highest BCUT2D eigenvalue weighted by molar-refractivity contribution is 5.89. The molecule has 0 saturated carbocycles. The van der Waals surface area contributed by atoms with Crippen molar-refractivity contribution in [3.63, 3.8) is 0 Å². The van der Waals surface area contributed by atoms with Crippen molar-refractivity contribution in [3.05, 3.63) is 29.6 Å². The van der Waals surface area contributed by atoms with Gasteiger partial charge in [-0.1, -0.05) is 6.07 Å². The number of amides is 3. The summed E-state index contributed by atoms with van der Waals surface area (Å²) in [4.78, 5) is 40.3. The molecule has 9 nitrogen and oxygen atoms in total. The smallest absolute Gasteiger partial charge is 0.407 e. The van der Waals surface area contributed by atoms with Gasteiger partial charge in [-0.15, -0.1) is 0 Å². The highest BCUT2D eigenvalue weighted by Crippen LogP contribution is 2.33. The van der Waals surface area contributed by atoms with Gasteiger partial charge in [0.2, 0.25) is 5.91 Å². The molecule has 176 valence electrons. The molecule has 3 amide bonds. The van der Waals surface area contributed by atoms with Crippen LogP contribution in [0.1, 0.15) is 45.1 Å². The zero-order valence-electron chi connectivity index (χ0n) is 18.8. The molecule has 0 unspecified atom stereocenters. The third kappa shape index (κ3) is 5.12. The van der Waals surface area contributed by atoms with E-state index in [2.05, 4.69) is 0 Å². The fourth-order valence-electron chi connectivity index (χ4n) is 3.73. The fourth-order valence-corrected chi connectivity index (χ4v) is 3.73. The number of aliphatic hydroxyl groups is 1. The Kier molecular flexibility index (Phi) is 6.92. The fraction of sp³-hybridized carbons (Fsp3) is 0.591. The molecule has 32 heavy (non-hydrogen) atoms. The first-order valence-corrected chi connectivity index (χ1v) is 10.6. The molecule has 2 aliphatic heterocycles. The lowest BCUT2D eigenvalue weighted by molar-refractivity contribution is -0.135. The van der Waals surface area contributed by atoms with E-state index in [1.807, 2.05) is 20.8 Å². The quantitative estimate of drug-likeness (QED) is 0.756. The maximum atomic E-state index is 14.9. The zero-order chi connectivity index (χ0) is 23.6. The molecule has 2 fully saturated rings. The third-order valence-electron chi connectivity index (χ3n) is 6.02. The van der Waals surface area contributed by atoms with Crippen LogP contribution in [-0.2, 0) is 14.3 Å². The van der Waals surface area contributed by atoms with Gasteiger partial charge < -0.3 is 24.4 Å². The van der Waals surface area contributed by atoms with Gasteiger partial charge in [0, 0.05) is 25.7 Å². The molecule has 0 bridgehead atoms. The number of nitrogens with zero attached hydrogens (tertiary/aromatic N) is 3. The number of rotatable bonds is 4. The summed E-state index contributed by atoms with van der Waals surface area (Å²) in [6.07, 6.45) is -1.25. The molecule has 1 aromatic rings. The molecule has 0 spiro atoms. The van der Waals surface area contributed by atoms with E-state index in [9.17, 15) is 18.8 Å². The van der Waals surface area contributed by atoms with Crippen molar-refractivity contribution in [2.75, 3.05) is 38.2 Å². The minimum atomic E-state index is -1.09. The highest BCUT2D eigenvalue weighted by atomic mass is 19.1. The Bertz CT molecular complexity index is 879. The van der Waals surface area contributed by atoms with Crippen molar-refractivity contribution in [3.8, 4) is 0 Å². The van der Waals surface area contributed by atoms with Gasteiger partial charge in [0.15, 0.2) is 0 Å². The number of piperidine rings is 1. The van der Waals surface area contributed by atoms with E-state index in [1.165, 1.54) is 15.9 Å². The average molecular weight is 451 g/mol. The van der Waals surface area contributed by atoms with Gasteiger partial charge in [0.1, 0.15) is 19.0 Å². The monoisotopic (exact) mass is 451 g/mol. The number of aliphatic hydroxyl groups excluding tert-OH is 1. The Morgan fingerprint density at radius 2 is 1.94 bits per heavy atom. The molecule has 3 rings (SSSR count). The van der Waals surface area contributed by atoms with Crippen LogP contribution >= 0.6 is 0 Å². The van der Waals surface area contributed by atoms with Crippen molar-refractivity contribution >= 4 is 23.8 Å². The Labute approximate surface area is 186 Å². The summed E-state index contributed by atoms with van der Waals surface area (Å²) in [7, 11) is 1.59. The number of cyclic esters (lactones) is 1. The molecule has 10 heteroatoms. The van der Waals surface area contributed by atoms with E-state index >= 15 is 0 Å². The second-order valence-corrected chi connectivity index (χ2v) is 9.06. The van der Waals surface area contributed by atoms with Gasteiger partial charge in [0.25, 0.3) is 6.29 Å². The van der Waals surface area contributed by atoms with Gasteiger partial charge in [-0.3, -0.25) is 9.69 Å². The number of hydrogen-bond acceptors (Lipinski definition) is 6. The molecule has 1 N–H and O–H groups in total. The normalized spacial score (nSPS) is 19.7. The first kappa shape index (κ1) is 23.8. The number of carbonyl (C=O) groups is 3. The predicted molar refractivity (Wildman–Crippen MR) is 114 cm³/mol. The van der Waals surface area contributed by atoms with E-state index < -0.39 is 36.4 Å². The van der Waals surface area contributed by atoms with Crippen LogP contribution in [0.15, 0.2) is 18.2 Å². The molecule has 0 aromatic heterocycles. The number of anilines is 1.